The van der Waals surface area contributed by atoms with E-state index in [1.165, 1.54) is 89.2 Å². The van der Waals surface area contributed by atoms with Crippen molar-refractivity contribution in [3.63, 3.8) is 0 Å². The number of carbonyl (C=O) groups excluding carboxylic acids is 2. The Morgan fingerprint density at radius 1 is 0.421 bits per heavy atom. The van der Waals surface area contributed by atoms with Gasteiger partial charge in [-0.25, -0.2) is 29.7 Å². The maximum Gasteiger partial charge on any atom is 0.332 e. The highest BCUT2D eigenvalue weighted by Gasteiger charge is 2.19. The molecule has 0 saturated carbocycles. The number of ketones is 2. The molecule has 1 fully saturated rings. The Morgan fingerprint density at radius 2 is 0.722 bits per heavy atom. The predicted molar refractivity (Wildman–Crippen MR) is 508 cm³/mol. The van der Waals surface area contributed by atoms with Gasteiger partial charge in [0, 0.05) is 101 Å². The van der Waals surface area contributed by atoms with E-state index in [4.69, 9.17) is 87.9 Å². The number of aryl methyl sites for hydroxylation is 15. The van der Waals surface area contributed by atoms with Crippen LogP contribution in [0.15, 0.2) is 121 Å². The first-order chi connectivity index (χ1) is 59.4. The number of nitrogens with zero attached hydrogens (tertiary/aromatic N) is 10. The molecule has 10 aromatic rings. The first kappa shape index (κ1) is 111. The molecule has 0 spiro atoms. The quantitative estimate of drug-likeness (QED) is 0.0162. The van der Waals surface area contributed by atoms with Crippen LogP contribution in [0, 0.1) is 104 Å². The summed E-state index contributed by atoms with van der Waals surface area (Å²) < 4.78 is 40.4. The summed E-state index contributed by atoms with van der Waals surface area (Å²) >= 11 is 3.45. The molecule has 16 N–H and O–H groups in total. The third-order valence-corrected chi connectivity index (χ3v) is 20.4. The number of carbonyl (C=O) groups is 3. The lowest BCUT2D eigenvalue weighted by Crippen LogP contribution is -2.23. The van der Waals surface area contributed by atoms with E-state index in [-0.39, 0.29) is 63.4 Å². The monoisotopic (exact) mass is 1830 g/mol. The van der Waals surface area contributed by atoms with E-state index >= 15 is 0 Å². The fourth-order valence-corrected chi connectivity index (χ4v) is 13.6. The lowest BCUT2D eigenvalue weighted by Gasteiger charge is -2.20. The second-order valence-corrected chi connectivity index (χ2v) is 32.1. The summed E-state index contributed by atoms with van der Waals surface area (Å²) in [5.74, 6) is 2.81. The molecule has 10 aromatic heterocycles. The maximum atomic E-state index is 10.2. The number of halogens is 1. The molecule has 29 nitrogen and oxygen atoms in total. The summed E-state index contributed by atoms with van der Waals surface area (Å²) in [5.41, 5.74) is 49.4. The Morgan fingerprint density at radius 3 is 1.02 bits per heavy atom. The fraction of sp³-hybridized carbons (Fsp3) is 0.495. The third kappa shape index (κ3) is 41.8. The number of pyridine rings is 5. The molecular weight excluding hydrogens is 1690 g/mol. The van der Waals surface area contributed by atoms with Crippen LogP contribution in [-0.2, 0) is 82.9 Å². The van der Waals surface area contributed by atoms with Crippen molar-refractivity contribution in [2.24, 2.45) is 17.2 Å². The van der Waals surface area contributed by atoms with Crippen molar-refractivity contribution in [3.05, 3.63) is 235 Å². The Bertz CT molecular complexity index is 4690. The maximum absolute atomic E-state index is 10.2. The smallest absolute Gasteiger partial charge is 0.332 e. The minimum absolute atomic E-state index is 0. The van der Waals surface area contributed by atoms with Crippen molar-refractivity contribution >= 4 is 58.6 Å². The number of rotatable bonds is 36. The van der Waals surface area contributed by atoms with Gasteiger partial charge in [0.15, 0.2) is 6.10 Å². The van der Waals surface area contributed by atoms with Crippen molar-refractivity contribution in [2.45, 2.75) is 251 Å². The minimum atomic E-state index is -1.29. The number of Topliss-reactive ketones (excluding diaryl/α,β-unsaturated/α-hetero) is 2. The topological polar surface area (TPSA) is 438 Å². The van der Waals surface area contributed by atoms with Gasteiger partial charge in [-0.2, -0.15) is 13.5 Å². The zero-order valence-corrected chi connectivity index (χ0v) is 79.9. The molecular formula is C95H144BrN15O14S. The number of nitrogens with two attached hydrogens (primary N) is 5. The number of carboxylic acid groups (broad SMARTS) is 1. The van der Waals surface area contributed by atoms with E-state index in [9.17, 15) is 19.5 Å². The number of hydrogen-bond acceptors (Lipinski definition) is 23. The highest BCUT2D eigenvalue weighted by Crippen LogP contribution is 2.23. The molecule has 11 rings (SSSR count). The first-order valence-electron chi connectivity index (χ1n) is 42.6. The van der Waals surface area contributed by atoms with Gasteiger partial charge in [0.2, 0.25) is 0 Å². The zero-order chi connectivity index (χ0) is 92.8. The van der Waals surface area contributed by atoms with Gasteiger partial charge in [0.1, 0.15) is 40.7 Å². The van der Waals surface area contributed by atoms with Crippen LogP contribution < -0.4 is 28.7 Å². The SMILES string of the molecule is C1CCOC1.CC(=O)CCC(C)=O.Cc1cc(CBr)nc(-n2c(C)ccc2C)c1.Cc1cc(COC[C@H](CCn2c(C)ccc2C)OCc2cc(C)cc(-n3c(C)ccc3C)n2)nc(-n2c(C)ccc2C)c1.Cc1cc(N)nc(COC[C@H](CCN)OCc2cc(C)cc(N)n2)c1.Cc1ccc(C)n1CC[C@H](O)CO.NCC[C@H](O)C(=O)O.NCC[C@H](O)CO.S. The van der Waals surface area contributed by atoms with Crippen LogP contribution in [0.4, 0.5) is 11.6 Å². The second kappa shape index (κ2) is 59.8. The number of carboxylic acids is 1. The van der Waals surface area contributed by atoms with Crippen molar-refractivity contribution < 1.29 is 68.7 Å². The molecule has 31 heteroatoms. The van der Waals surface area contributed by atoms with Gasteiger partial charge in [0.05, 0.1) is 106 Å². The minimum Gasteiger partial charge on any atom is -0.479 e. The van der Waals surface area contributed by atoms with Crippen LogP contribution in [0.25, 0.3) is 17.5 Å². The molecule has 0 aliphatic carbocycles. The normalized spacial score (nSPS) is 12.5. The average molecular weight is 1830 g/mol. The number of aliphatic hydroxyl groups is 5. The highest BCUT2D eigenvalue weighted by atomic mass is 79.9. The van der Waals surface area contributed by atoms with Gasteiger partial charge >= 0.3 is 5.97 Å². The van der Waals surface area contributed by atoms with Crippen LogP contribution in [0.3, 0.4) is 0 Å². The number of aliphatic carboxylic acids is 1. The molecule has 696 valence electrons. The number of nitrogen functional groups attached to an aromatic ring is 2. The summed E-state index contributed by atoms with van der Waals surface area (Å²) in [6.07, 6.45) is 3.37. The van der Waals surface area contributed by atoms with E-state index in [1.54, 1.807) is 0 Å². The van der Waals surface area contributed by atoms with Crippen LogP contribution in [0.2, 0.25) is 0 Å². The van der Waals surface area contributed by atoms with Crippen LogP contribution in [0.1, 0.15) is 185 Å². The van der Waals surface area contributed by atoms with E-state index in [0.29, 0.717) is 96.5 Å². The van der Waals surface area contributed by atoms with Crippen molar-refractivity contribution in [1.29, 1.82) is 0 Å². The number of alkyl halides is 1. The number of hydrogen-bond donors (Lipinski definition) is 11. The molecule has 0 unspecified atom stereocenters. The van der Waals surface area contributed by atoms with Crippen molar-refractivity contribution in [2.75, 3.05) is 70.7 Å². The number of aromatic nitrogens is 10. The number of aliphatic hydroxyl groups excluding tert-OH is 5. The van der Waals surface area contributed by atoms with Gasteiger partial charge < -0.3 is 115 Å². The molecule has 11 heterocycles. The predicted octanol–water partition coefficient (Wildman–Crippen LogP) is 13.1. The van der Waals surface area contributed by atoms with Crippen LogP contribution in [-0.4, -0.2) is 186 Å². The summed E-state index contributed by atoms with van der Waals surface area (Å²) in [7, 11) is 0. The highest BCUT2D eigenvalue weighted by molar-refractivity contribution is 9.08. The van der Waals surface area contributed by atoms with Crippen LogP contribution >= 0.6 is 29.4 Å². The van der Waals surface area contributed by atoms with Gasteiger partial charge in [-0.3, -0.25) is 0 Å². The molecule has 0 aromatic carbocycles. The average Bonchev–Trinajstić information content (AvgIpc) is 1.66. The molecule has 126 heavy (non-hydrogen) atoms. The van der Waals surface area contributed by atoms with Gasteiger partial charge in [0.25, 0.3) is 0 Å². The third-order valence-electron chi connectivity index (χ3n) is 19.8. The largest absolute Gasteiger partial charge is 0.479 e. The molecule has 5 atom stereocenters. The lowest BCUT2D eigenvalue weighted by atomic mass is 10.2. The summed E-state index contributed by atoms with van der Waals surface area (Å²) in [5, 5.41) is 51.8. The van der Waals surface area contributed by atoms with Crippen molar-refractivity contribution in [1.82, 2.24) is 47.8 Å². The van der Waals surface area contributed by atoms with Crippen LogP contribution in [0.5, 0.6) is 0 Å². The van der Waals surface area contributed by atoms with Crippen molar-refractivity contribution in [3.8, 4) is 17.5 Å². The summed E-state index contributed by atoms with van der Waals surface area (Å²) in [6.45, 7) is 41.2. The standard InChI is InChI=1S/C36H45N5O2.C18H27N5O2.C13H15BrN2.C10H17NO2.C6H10O2.C4H9NO3.C4H11NO2.C4H8O.H2S/c1-24-17-32(37-35(19-24)40-28(5)11-12-29(40)6)21-42-23-34(15-16-39-26(3)9-10-27(39)4)43-22-33-18-25(2)20-36(38-33)41-30(7)13-14-31(41)8;1-12-5-14(22-17(20)7-12)9-24-11-16(3-4-19)25-10-15-6-13(2)8-18(21)23-15;1-9-6-12(8-14)15-13(7-9)16-10(2)4-5-11(16)3;1-8-3-4-9(2)11(8)6-5-10(13)7-12;1-5(7)3-4-6(2)8;5-2-1-3(6)4(7)8;5-2-1-4(7)3-6;1-2-4-5-3-1;/h9-14,17-20,34H,15-16,21-23H2,1-8H3;5-8,16H,3-4,9-11,19H2,1-2H3,(H2,20,22)(H2,21,23);4-7H,8H2,1-3H3;3-4,10,12-13H,5-7H2,1-2H3;3-4H2,1-2H3;3,6H,1-2,5H2,(H,7,8);4,6-7H,1-3,5H2;1-4H2;1H2/t34-;16-;;10-;;3-;4-;;/m00.0.00../s1. The fourth-order valence-electron chi connectivity index (χ4n) is 13.3. The lowest BCUT2D eigenvalue weighted by molar-refractivity contribution is -0.146. The van der Waals surface area contributed by atoms with E-state index in [2.05, 4.69) is 227 Å². The zero-order valence-electron chi connectivity index (χ0n) is 77.3. The van der Waals surface area contributed by atoms with Gasteiger partial charge in [-0.05, 0) is 331 Å². The summed E-state index contributed by atoms with van der Waals surface area (Å²) in [4.78, 5) is 53.2. The Balaban J connectivity index is 0.000000417. The molecule has 0 radical (unpaired) electrons. The van der Waals surface area contributed by atoms with E-state index < -0.39 is 24.3 Å². The second-order valence-electron chi connectivity index (χ2n) is 31.6. The Labute approximate surface area is 761 Å². The number of anilines is 2. The van der Waals surface area contributed by atoms with Gasteiger partial charge in [-0.15, -0.1) is 0 Å². The Kier molecular flexibility index (Phi) is 52.7. The number of ether oxygens (including phenoxy) is 5. The molecule has 1 saturated heterocycles. The first-order valence-corrected chi connectivity index (χ1v) is 43.8. The molecule has 1 aliphatic rings. The molecule has 1 aliphatic heterocycles. The molecule has 0 bridgehead atoms. The van der Waals surface area contributed by atoms with E-state index in [1.807, 2.05) is 52.0 Å². The Hall–Kier alpha value is -9.13. The molecule has 0 amide bonds. The van der Waals surface area contributed by atoms with E-state index in [0.717, 1.165) is 106 Å². The van der Waals surface area contributed by atoms with Gasteiger partial charge in [-0.1, -0.05) is 15.9 Å². The summed E-state index contributed by atoms with van der Waals surface area (Å²) in [6, 6.07) is 41.4.